The van der Waals surface area contributed by atoms with E-state index in [1.807, 2.05) is 0 Å². The predicted molar refractivity (Wildman–Crippen MR) is 62.9 cm³/mol. The molecule has 1 aliphatic heterocycles. The second kappa shape index (κ2) is 5.28. The molecule has 5 heteroatoms. The Kier molecular flexibility index (Phi) is 4.81. The maximum Gasteiger partial charge on any atom is 0.322 e. The molecule has 1 fully saturated rings. The number of hydrogen-bond donors (Lipinski definition) is 0. The van der Waals surface area contributed by atoms with Gasteiger partial charge in [0, 0.05) is 30.9 Å². The van der Waals surface area contributed by atoms with Gasteiger partial charge in [0.15, 0.2) is 0 Å². The number of alkyl halides is 4. The molecule has 90 valence electrons. The third-order valence-electron chi connectivity index (χ3n) is 2.89. The lowest BCUT2D eigenvalue weighted by atomic mass is 9.91. The summed E-state index contributed by atoms with van der Waals surface area (Å²) in [5.74, 6) is 0.996. The molecule has 2 atom stereocenters. The van der Waals surface area contributed by atoms with Crippen LogP contribution in [0.15, 0.2) is 0 Å². The smallest absolute Gasteiger partial charge is 0.302 e. The molecule has 1 rings (SSSR count). The predicted octanol–water partition coefficient (Wildman–Crippen LogP) is 3.56. The van der Waals surface area contributed by atoms with Gasteiger partial charge in [-0.1, -0.05) is 29.8 Å². The highest BCUT2D eigenvalue weighted by Gasteiger charge is 2.32. The zero-order chi connectivity index (χ0) is 11.6. The van der Waals surface area contributed by atoms with Crippen molar-refractivity contribution in [1.29, 1.82) is 0 Å². The van der Waals surface area contributed by atoms with Crippen LogP contribution in [0.3, 0.4) is 0 Å². The van der Waals surface area contributed by atoms with Crippen molar-refractivity contribution in [3.63, 3.8) is 0 Å². The highest BCUT2D eigenvalue weighted by molar-refractivity contribution is 9.09. The molecule has 2 unspecified atom stereocenters. The second-order valence-corrected chi connectivity index (χ2v) is 6.13. The zero-order valence-electron chi connectivity index (χ0n) is 9.02. The first-order valence-corrected chi connectivity index (χ1v) is 6.52. The standard InChI is InChI=1S/C10H17BrClF2N/c1-7-5-15(4-3-10(12,13)14)6-8(2)9(7)11/h7-9H,3-6H2,1-2H3. The molecule has 0 bridgehead atoms. The molecule has 0 amide bonds. The van der Waals surface area contributed by atoms with Crippen LogP contribution in [0.5, 0.6) is 0 Å². The summed E-state index contributed by atoms with van der Waals surface area (Å²) >= 11 is 8.52. The Bertz CT molecular complexity index is 198. The third-order valence-corrected chi connectivity index (χ3v) is 4.89. The average molecular weight is 305 g/mol. The summed E-state index contributed by atoms with van der Waals surface area (Å²) < 4.78 is 25.0. The molecule has 0 N–H and O–H groups in total. The summed E-state index contributed by atoms with van der Waals surface area (Å²) in [5, 5.41) is -3.06. The molecule has 1 saturated heterocycles. The normalized spacial score (nSPS) is 34.4. The first kappa shape index (κ1) is 13.7. The number of halogens is 4. The fourth-order valence-electron chi connectivity index (χ4n) is 2.12. The van der Waals surface area contributed by atoms with E-state index in [-0.39, 0.29) is 6.42 Å². The van der Waals surface area contributed by atoms with Gasteiger partial charge in [-0.15, -0.1) is 0 Å². The fourth-order valence-corrected chi connectivity index (χ4v) is 2.54. The van der Waals surface area contributed by atoms with E-state index in [0.717, 1.165) is 13.1 Å². The summed E-state index contributed by atoms with van der Waals surface area (Å²) in [7, 11) is 0. The first-order chi connectivity index (χ1) is 6.79. The highest BCUT2D eigenvalue weighted by Crippen LogP contribution is 2.30. The van der Waals surface area contributed by atoms with Crippen molar-refractivity contribution in [3.05, 3.63) is 0 Å². The molecule has 0 aliphatic carbocycles. The Hall–Kier alpha value is 0.590. The van der Waals surface area contributed by atoms with E-state index in [1.54, 1.807) is 0 Å². The van der Waals surface area contributed by atoms with E-state index in [9.17, 15) is 8.78 Å². The van der Waals surface area contributed by atoms with Crippen molar-refractivity contribution in [3.8, 4) is 0 Å². The van der Waals surface area contributed by atoms with E-state index < -0.39 is 5.38 Å². The molecule has 1 heterocycles. The lowest BCUT2D eigenvalue weighted by molar-refractivity contribution is 0.0574. The molecule has 1 nitrogen and oxygen atoms in total. The van der Waals surface area contributed by atoms with Crippen LogP contribution in [0.1, 0.15) is 20.3 Å². The minimum absolute atomic E-state index is 0.263. The Morgan fingerprint density at radius 3 is 2.20 bits per heavy atom. The summed E-state index contributed by atoms with van der Waals surface area (Å²) in [4.78, 5) is 2.56. The minimum atomic E-state index is -3.06. The van der Waals surface area contributed by atoms with E-state index in [2.05, 4.69) is 34.7 Å². The van der Waals surface area contributed by atoms with Crippen LogP contribution in [0, 0.1) is 11.8 Å². The maximum atomic E-state index is 12.5. The largest absolute Gasteiger partial charge is 0.322 e. The van der Waals surface area contributed by atoms with Crippen LogP contribution in [0.25, 0.3) is 0 Å². The Morgan fingerprint density at radius 2 is 1.80 bits per heavy atom. The molecular formula is C10H17BrClF2N. The van der Waals surface area contributed by atoms with Crippen LogP contribution in [-0.2, 0) is 0 Å². The Labute approximate surface area is 103 Å². The van der Waals surface area contributed by atoms with Gasteiger partial charge in [-0.3, -0.25) is 0 Å². The highest BCUT2D eigenvalue weighted by atomic mass is 79.9. The molecule has 0 spiro atoms. The van der Waals surface area contributed by atoms with Gasteiger partial charge in [0.25, 0.3) is 0 Å². The maximum absolute atomic E-state index is 12.5. The van der Waals surface area contributed by atoms with Gasteiger partial charge in [-0.05, 0) is 23.4 Å². The van der Waals surface area contributed by atoms with Gasteiger partial charge >= 0.3 is 5.38 Å². The van der Waals surface area contributed by atoms with Crippen molar-refractivity contribution in [2.45, 2.75) is 30.5 Å². The SMILES string of the molecule is CC1CN(CCC(F)(F)Cl)CC(C)C1Br. The quantitative estimate of drug-likeness (QED) is 0.721. The summed E-state index contributed by atoms with van der Waals surface area (Å²) in [6.45, 7) is 6.40. The Balaban J connectivity index is 2.38. The molecule has 1 aliphatic rings. The number of hydrogen-bond acceptors (Lipinski definition) is 1. The molecular weight excluding hydrogens is 287 g/mol. The van der Waals surface area contributed by atoms with Crippen molar-refractivity contribution < 1.29 is 8.78 Å². The Morgan fingerprint density at radius 1 is 1.33 bits per heavy atom. The van der Waals surface area contributed by atoms with Crippen molar-refractivity contribution in [2.24, 2.45) is 11.8 Å². The molecule has 0 aromatic rings. The summed E-state index contributed by atoms with van der Waals surface area (Å²) in [6, 6.07) is 0. The van der Waals surface area contributed by atoms with Crippen molar-refractivity contribution >= 4 is 27.5 Å². The van der Waals surface area contributed by atoms with Crippen LogP contribution < -0.4 is 0 Å². The van der Waals surface area contributed by atoms with Crippen LogP contribution in [0.4, 0.5) is 8.78 Å². The number of rotatable bonds is 3. The molecule has 15 heavy (non-hydrogen) atoms. The summed E-state index contributed by atoms with van der Waals surface area (Å²) in [5.41, 5.74) is 0. The topological polar surface area (TPSA) is 3.24 Å². The lowest BCUT2D eigenvalue weighted by Crippen LogP contribution is -2.45. The molecule has 0 saturated carbocycles. The zero-order valence-corrected chi connectivity index (χ0v) is 11.4. The molecule has 0 aromatic heterocycles. The van der Waals surface area contributed by atoms with Gasteiger partial charge in [0.1, 0.15) is 0 Å². The second-order valence-electron chi connectivity index (χ2n) is 4.52. The fraction of sp³-hybridized carbons (Fsp3) is 1.00. The van der Waals surface area contributed by atoms with Gasteiger partial charge in [-0.2, -0.15) is 8.78 Å². The van der Waals surface area contributed by atoms with Crippen LogP contribution in [-0.4, -0.2) is 34.7 Å². The van der Waals surface area contributed by atoms with Gasteiger partial charge < -0.3 is 4.90 Å². The van der Waals surface area contributed by atoms with E-state index in [0.29, 0.717) is 23.2 Å². The lowest BCUT2D eigenvalue weighted by Gasteiger charge is -2.39. The minimum Gasteiger partial charge on any atom is -0.302 e. The van der Waals surface area contributed by atoms with E-state index in [1.165, 1.54) is 0 Å². The van der Waals surface area contributed by atoms with Crippen molar-refractivity contribution in [2.75, 3.05) is 19.6 Å². The van der Waals surface area contributed by atoms with Crippen molar-refractivity contribution in [1.82, 2.24) is 4.90 Å². The third kappa shape index (κ3) is 4.53. The van der Waals surface area contributed by atoms with E-state index >= 15 is 0 Å². The summed E-state index contributed by atoms with van der Waals surface area (Å²) in [6.07, 6.45) is -0.263. The number of nitrogens with zero attached hydrogens (tertiary/aromatic N) is 1. The first-order valence-electron chi connectivity index (χ1n) is 5.23. The van der Waals surface area contributed by atoms with E-state index in [4.69, 9.17) is 11.6 Å². The van der Waals surface area contributed by atoms with Gasteiger partial charge in [0.2, 0.25) is 0 Å². The average Bonchev–Trinajstić information content (AvgIpc) is 2.09. The number of likely N-dealkylation sites (tertiary alicyclic amines) is 1. The van der Waals surface area contributed by atoms with Crippen LogP contribution >= 0.6 is 27.5 Å². The number of piperidine rings is 1. The van der Waals surface area contributed by atoms with Gasteiger partial charge in [0.05, 0.1) is 0 Å². The molecule has 0 radical (unpaired) electrons. The van der Waals surface area contributed by atoms with Crippen LogP contribution in [0.2, 0.25) is 0 Å². The van der Waals surface area contributed by atoms with Gasteiger partial charge in [-0.25, -0.2) is 0 Å². The molecule has 0 aromatic carbocycles. The monoisotopic (exact) mass is 303 g/mol.